The number of halogens is 8. The molecule has 206 valence electrons. The molecule has 0 heterocycles. The molecule has 1 unspecified atom stereocenters. The lowest BCUT2D eigenvalue weighted by molar-refractivity contribution is -0.140. The summed E-state index contributed by atoms with van der Waals surface area (Å²) in [5.74, 6) is -3.97. The zero-order valence-corrected chi connectivity index (χ0v) is 20.8. The third-order valence-electron chi connectivity index (χ3n) is 6.40. The van der Waals surface area contributed by atoms with E-state index in [9.17, 15) is 39.9 Å². The number of amides is 1. The first-order valence-electron chi connectivity index (χ1n) is 11.9. The summed E-state index contributed by atoms with van der Waals surface area (Å²) in [7, 11) is 1.70. The predicted octanol–water partition coefficient (Wildman–Crippen LogP) is 6.18. The van der Waals surface area contributed by atoms with E-state index in [1.54, 1.807) is 56.4 Å². The Morgan fingerprint density at radius 3 is 2.00 bits per heavy atom. The van der Waals surface area contributed by atoms with E-state index in [0.29, 0.717) is 35.3 Å². The molecule has 0 aliphatic heterocycles. The quantitative estimate of drug-likeness (QED) is 0.221. The van der Waals surface area contributed by atoms with Crippen molar-refractivity contribution in [2.24, 2.45) is 0 Å². The zero-order chi connectivity index (χ0) is 29.3. The fraction of sp³-hybridized carbons (Fsp3) is 0.138. The number of carbonyl (C=O) groups excluding carboxylic acids is 1. The first-order valence-corrected chi connectivity index (χ1v) is 11.9. The summed E-state index contributed by atoms with van der Waals surface area (Å²) >= 11 is 0. The van der Waals surface area contributed by atoms with Crippen molar-refractivity contribution in [1.29, 1.82) is 0 Å². The molecule has 4 aromatic rings. The Balaban J connectivity index is 1.99. The maximum atomic E-state index is 14.7. The highest BCUT2D eigenvalue weighted by Gasteiger charge is 2.41. The summed E-state index contributed by atoms with van der Waals surface area (Å²) in [4.78, 5) is 13.5. The molecule has 4 rings (SSSR count). The van der Waals surface area contributed by atoms with Crippen molar-refractivity contribution in [2.45, 2.75) is 24.3 Å². The predicted molar refractivity (Wildman–Crippen MR) is 136 cm³/mol. The molecule has 0 bridgehead atoms. The highest BCUT2D eigenvalue weighted by atomic mass is 19.4. The van der Waals surface area contributed by atoms with Gasteiger partial charge in [0.1, 0.15) is 19.5 Å². The van der Waals surface area contributed by atoms with E-state index in [4.69, 9.17) is 0 Å². The second kappa shape index (κ2) is 10.8. The molecule has 1 atom stereocenters. The second-order valence-corrected chi connectivity index (χ2v) is 9.31. The Morgan fingerprint density at radius 1 is 0.700 bits per heavy atom. The van der Waals surface area contributed by atoms with Crippen LogP contribution in [0.2, 0.25) is 0 Å². The lowest BCUT2D eigenvalue weighted by Gasteiger charge is -2.37. The van der Waals surface area contributed by atoms with Gasteiger partial charge in [0.25, 0.3) is 5.91 Å². The maximum absolute atomic E-state index is 14.7. The van der Waals surface area contributed by atoms with Gasteiger partial charge < -0.3 is 5.32 Å². The topological polar surface area (TPSA) is 29.1 Å². The SMILES string of the molecule is Bc1cccc(C(Cc2ccccc2)(NC(=O)c2ccc(F)c(C(F)(F)F)c2)c2cc(F)cc(C(F)(F)F)c2)c1. The van der Waals surface area contributed by atoms with Gasteiger partial charge in [-0.2, -0.15) is 26.3 Å². The van der Waals surface area contributed by atoms with Crippen LogP contribution < -0.4 is 10.8 Å². The normalized spacial score (nSPS) is 13.5. The Morgan fingerprint density at radius 2 is 1.38 bits per heavy atom. The van der Waals surface area contributed by atoms with Gasteiger partial charge in [0.2, 0.25) is 0 Å². The fourth-order valence-electron chi connectivity index (χ4n) is 4.52. The van der Waals surface area contributed by atoms with E-state index in [1.807, 2.05) is 0 Å². The standard InChI is InChI=1S/C29H20BF8NO/c30-22-8-4-7-19(13-22)27(16-17-5-2-1-3-6-17,20-12-21(28(33,34)35)15-23(31)14-20)39-26(40)18-9-10-25(32)24(11-18)29(36,37)38/h1-15H,16,30H2,(H,39,40). The van der Waals surface area contributed by atoms with Crippen LogP contribution in [0, 0.1) is 11.6 Å². The van der Waals surface area contributed by atoms with E-state index < -0.39 is 52.1 Å². The lowest BCUT2D eigenvalue weighted by Crippen LogP contribution is -2.49. The first-order chi connectivity index (χ1) is 18.7. The second-order valence-electron chi connectivity index (χ2n) is 9.31. The lowest BCUT2D eigenvalue weighted by atomic mass is 9.75. The Kier molecular flexibility index (Phi) is 7.78. The van der Waals surface area contributed by atoms with Crippen molar-refractivity contribution in [2.75, 3.05) is 0 Å². The van der Waals surface area contributed by atoms with Gasteiger partial charge in [-0.15, -0.1) is 0 Å². The Labute approximate surface area is 225 Å². The molecule has 0 aliphatic carbocycles. The molecule has 0 aromatic heterocycles. The van der Waals surface area contributed by atoms with Crippen LogP contribution in [-0.4, -0.2) is 13.8 Å². The van der Waals surface area contributed by atoms with Crippen LogP contribution in [0.4, 0.5) is 35.1 Å². The number of carbonyl (C=O) groups is 1. The molecule has 1 N–H and O–H groups in total. The van der Waals surface area contributed by atoms with Crippen LogP contribution >= 0.6 is 0 Å². The number of benzene rings is 4. The third-order valence-corrected chi connectivity index (χ3v) is 6.40. The van der Waals surface area contributed by atoms with E-state index in [1.165, 1.54) is 6.07 Å². The van der Waals surface area contributed by atoms with Crippen LogP contribution in [0.25, 0.3) is 0 Å². The van der Waals surface area contributed by atoms with Gasteiger partial charge in [-0.05, 0) is 53.1 Å². The van der Waals surface area contributed by atoms with Gasteiger partial charge in [0.15, 0.2) is 0 Å². The third kappa shape index (κ3) is 6.19. The molecule has 2 nitrogen and oxygen atoms in total. The van der Waals surface area contributed by atoms with Crippen LogP contribution in [0.3, 0.4) is 0 Å². The van der Waals surface area contributed by atoms with Gasteiger partial charge in [0, 0.05) is 12.0 Å². The summed E-state index contributed by atoms with van der Waals surface area (Å²) in [5, 5.41) is 2.60. The maximum Gasteiger partial charge on any atom is 0.419 e. The Bertz CT molecular complexity index is 1540. The van der Waals surface area contributed by atoms with Gasteiger partial charge >= 0.3 is 12.4 Å². The number of nitrogens with one attached hydrogen (secondary N) is 1. The molecular formula is C29H20BF8NO. The van der Waals surface area contributed by atoms with Crippen LogP contribution in [0.1, 0.15) is 38.2 Å². The number of hydrogen-bond donors (Lipinski definition) is 1. The minimum Gasteiger partial charge on any atom is -0.338 e. The summed E-state index contributed by atoms with van der Waals surface area (Å²) in [6, 6.07) is 18.1. The van der Waals surface area contributed by atoms with Crippen molar-refractivity contribution >= 4 is 19.2 Å². The van der Waals surface area contributed by atoms with Gasteiger partial charge in [-0.1, -0.05) is 60.1 Å². The highest BCUT2D eigenvalue weighted by Crippen LogP contribution is 2.39. The smallest absolute Gasteiger partial charge is 0.338 e. The summed E-state index contributed by atoms with van der Waals surface area (Å²) in [5.41, 5.74) is -4.35. The number of hydrogen-bond acceptors (Lipinski definition) is 1. The van der Waals surface area contributed by atoms with Crippen LogP contribution in [0.15, 0.2) is 91.0 Å². The van der Waals surface area contributed by atoms with Gasteiger partial charge in [-0.25, -0.2) is 8.78 Å². The molecule has 0 radical (unpaired) electrons. The molecule has 1 amide bonds. The van der Waals surface area contributed by atoms with Crippen LogP contribution in [0.5, 0.6) is 0 Å². The average molecular weight is 561 g/mol. The monoisotopic (exact) mass is 561 g/mol. The van der Waals surface area contributed by atoms with Gasteiger partial charge in [0.05, 0.1) is 16.7 Å². The van der Waals surface area contributed by atoms with Crippen molar-refractivity contribution in [3.63, 3.8) is 0 Å². The van der Waals surface area contributed by atoms with Crippen LogP contribution in [-0.2, 0) is 24.3 Å². The van der Waals surface area contributed by atoms with Gasteiger partial charge in [-0.3, -0.25) is 4.79 Å². The highest BCUT2D eigenvalue weighted by molar-refractivity contribution is 6.32. The molecule has 0 aliphatic rings. The summed E-state index contributed by atoms with van der Waals surface area (Å²) in [6.07, 6.45) is -10.2. The molecule has 0 saturated heterocycles. The van der Waals surface area contributed by atoms with Crippen molar-refractivity contribution in [3.05, 3.63) is 136 Å². The molecule has 0 saturated carbocycles. The van der Waals surface area contributed by atoms with Crippen molar-refractivity contribution in [1.82, 2.24) is 5.32 Å². The molecule has 0 fully saturated rings. The molecule has 40 heavy (non-hydrogen) atoms. The van der Waals surface area contributed by atoms with E-state index >= 15 is 0 Å². The Hall–Kier alpha value is -4.15. The molecule has 4 aromatic carbocycles. The minimum absolute atomic E-state index is 0.197. The largest absolute Gasteiger partial charge is 0.419 e. The van der Waals surface area contributed by atoms with E-state index in [2.05, 4.69) is 5.32 Å². The number of alkyl halides is 6. The average Bonchev–Trinajstić information content (AvgIpc) is 2.87. The van der Waals surface area contributed by atoms with Crippen molar-refractivity contribution < 1.29 is 39.9 Å². The number of rotatable bonds is 6. The zero-order valence-electron chi connectivity index (χ0n) is 20.8. The summed E-state index contributed by atoms with van der Waals surface area (Å²) in [6.45, 7) is 0. The minimum atomic E-state index is -5.11. The fourth-order valence-corrected chi connectivity index (χ4v) is 4.52. The molecule has 0 spiro atoms. The van der Waals surface area contributed by atoms with E-state index in [0.717, 1.165) is 12.1 Å². The van der Waals surface area contributed by atoms with E-state index in [-0.39, 0.29) is 17.5 Å². The first kappa shape index (κ1) is 28.9. The summed E-state index contributed by atoms with van der Waals surface area (Å²) < 4.78 is 110. The molecule has 11 heteroatoms. The molecular weight excluding hydrogens is 541 g/mol. The van der Waals surface area contributed by atoms with Crippen molar-refractivity contribution in [3.8, 4) is 0 Å².